The van der Waals surface area contributed by atoms with Gasteiger partial charge in [-0.15, -0.1) is 0 Å². The van der Waals surface area contributed by atoms with Crippen LogP contribution in [0.1, 0.15) is 15.9 Å². The van der Waals surface area contributed by atoms with E-state index in [4.69, 9.17) is 4.74 Å². The topological polar surface area (TPSA) is 41.6 Å². The normalized spacial score (nSPS) is 14.6. The Morgan fingerprint density at radius 2 is 1.78 bits per heavy atom. The van der Waals surface area contributed by atoms with Crippen molar-refractivity contribution in [3.05, 3.63) is 53.6 Å². The second-order valence-electron chi connectivity index (χ2n) is 5.82. The van der Waals surface area contributed by atoms with Gasteiger partial charge in [0.2, 0.25) is 0 Å². The number of methoxy groups -OCH3 is 1. The Morgan fingerprint density at radius 3 is 2.43 bits per heavy atom. The molecule has 1 saturated heterocycles. The number of ether oxygens (including phenoxy) is 1. The molecule has 1 aliphatic heterocycles. The van der Waals surface area contributed by atoms with Gasteiger partial charge >= 0.3 is 0 Å². The van der Waals surface area contributed by atoms with Gasteiger partial charge in [0, 0.05) is 37.3 Å². The van der Waals surface area contributed by atoms with E-state index in [0.717, 1.165) is 48.6 Å². The van der Waals surface area contributed by atoms with Crippen LogP contribution in [0, 0.1) is 6.92 Å². The second-order valence-corrected chi connectivity index (χ2v) is 5.82. The minimum absolute atomic E-state index is 0.106. The zero-order valence-electron chi connectivity index (χ0n) is 13.6. The maximum Gasteiger partial charge on any atom is 0.253 e. The summed E-state index contributed by atoms with van der Waals surface area (Å²) >= 11 is 0. The SMILES string of the molecule is COc1ccc(C)cc1-c1ccc(C(=O)N2CCNCC2)cc1. The van der Waals surface area contributed by atoms with E-state index in [0.29, 0.717) is 0 Å². The molecule has 2 aromatic carbocycles. The van der Waals surface area contributed by atoms with Crippen molar-refractivity contribution in [1.29, 1.82) is 0 Å². The van der Waals surface area contributed by atoms with Gasteiger partial charge < -0.3 is 15.0 Å². The summed E-state index contributed by atoms with van der Waals surface area (Å²) in [6.07, 6.45) is 0. The number of amides is 1. The molecule has 1 heterocycles. The minimum atomic E-state index is 0.106. The molecule has 1 fully saturated rings. The molecule has 0 spiro atoms. The van der Waals surface area contributed by atoms with Gasteiger partial charge in [0.1, 0.15) is 5.75 Å². The molecule has 0 radical (unpaired) electrons. The fourth-order valence-corrected chi connectivity index (χ4v) is 2.89. The number of carbonyl (C=O) groups is 1. The minimum Gasteiger partial charge on any atom is -0.496 e. The predicted octanol–water partition coefficient (Wildman–Crippen LogP) is 2.72. The van der Waals surface area contributed by atoms with Crippen molar-refractivity contribution in [2.24, 2.45) is 0 Å². The Kier molecular flexibility index (Phi) is 4.63. The van der Waals surface area contributed by atoms with Crippen LogP contribution in [-0.4, -0.2) is 44.1 Å². The average Bonchev–Trinajstić information content (AvgIpc) is 2.62. The number of benzene rings is 2. The number of aryl methyl sites for hydroxylation is 1. The van der Waals surface area contributed by atoms with Crippen LogP contribution in [0.25, 0.3) is 11.1 Å². The molecule has 4 nitrogen and oxygen atoms in total. The van der Waals surface area contributed by atoms with Crippen molar-refractivity contribution in [3.8, 4) is 16.9 Å². The predicted molar refractivity (Wildman–Crippen MR) is 91.9 cm³/mol. The summed E-state index contributed by atoms with van der Waals surface area (Å²) in [4.78, 5) is 14.4. The number of nitrogens with one attached hydrogen (secondary N) is 1. The lowest BCUT2D eigenvalue weighted by molar-refractivity contribution is 0.0736. The van der Waals surface area contributed by atoms with E-state index < -0.39 is 0 Å². The summed E-state index contributed by atoms with van der Waals surface area (Å²) in [5.41, 5.74) is 4.03. The summed E-state index contributed by atoms with van der Waals surface area (Å²) in [6.45, 7) is 5.33. The Bertz CT molecular complexity index is 689. The van der Waals surface area contributed by atoms with Gasteiger partial charge in [-0.2, -0.15) is 0 Å². The van der Waals surface area contributed by atoms with E-state index in [9.17, 15) is 4.79 Å². The maximum absolute atomic E-state index is 12.5. The maximum atomic E-state index is 12.5. The van der Waals surface area contributed by atoms with E-state index in [1.807, 2.05) is 41.3 Å². The number of hydrogen-bond donors (Lipinski definition) is 1. The molecule has 0 aromatic heterocycles. The van der Waals surface area contributed by atoms with Crippen LogP contribution in [0.3, 0.4) is 0 Å². The van der Waals surface area contributed by atoms with E-state index >= 15 is 0 Å². The molecule has 0 atom stereocenters. The fraction of sp³-hybridized carbons (Fsp3) is 0.316. The monoisotopic (exact) mass is 310 g/mol. The molecule has 120 valence electrons. The first-order valence-corrected chi connectivity index (χ1v) is 7.94. The largest absolute Gasteiger partial charge is 0.496 e. The first-order chi connectivity index (χ1) is 11.2. The van der Waals surface area contributed by atoms with Crippen molar-refractivity contribution in [2.45, 2.75) is 6.92 Å². The van der Waals surface area contributed by atoms with Crippen molar-refractivity contribution in [1.82, 2.24) is 10.2 Å². The zero-order chi connectivity index (χ0) is 16.2. The third-order valence-electron chi connectivity index (χ3n) is 4.20. The highest BCUT2D eigenvalue weighted by Gasteiger charge is 2.18. The van der Waals surface area contributed by atoms with Crippen molar-refractivity contribution in [2.75, 3.05) is 33.3 Å². The van der Waals surface area contributed by atoms with Crippen molar-refractivity contribution in [3.63, 3.8) is 0 Å². The van der Waals surface area contributed by atoms with Gasteiger partial charge in [-0.3, -0.25) is 4.79 Å². The smallest absolute Gasteiger partial charge is 0.253 e. The van der Waals surface area contributed by atoms with E-state index in [1.165, 1.54) is 5.56 Å². The van der Waals surface area contributed by atoms with Crippen LogP contribution in [0.2, 0.25) is 0 Å². The molecule has 0 aliphatic carbocycles. The first-order valence-electron chi connectivity index (χ1n) is 7.94. The molecule has 0 bridgehead atoms. The molecule has 23 heavy (non-hydrogen) atoms. The van der Waals surface area contributed by atoms with Gasteiger partial charge in [-0.25, -0.2) is 0 Å². The number of piperazine rings is 1. The molecular formula is C19H22N2O2. The fourth-order valence-electron chi connectivity index (χ4n) is 2.89. The molecule has 1 aliphatic rings. The number of rotatable bonds is 3. The van der Waals surface area contributed by atoms with E-state index in [-0.39, 0.29) is 5.91 Å². The molecule has 1 N–H and O–H groups in total. The number of nitrogens with zero attached hydrogens (tertiary/aromatic N) is 1. The lowest BCUT2D eigenvalue weighted by Gasteiger charge is -2.27. The highest BCUT2D eigenvalue weighted by molar-refractivity contribution is 5.95. The van der Waals surface area contributed by atoms with Crippen LogP contribution in [0.4, 0.5) is 0 Å². The summed E-state index contributed by atoms with van der Waals surface area (Å²) < 4.78 is 5.45. The highest BCUT2D eigenvalue weighted by atomic mass is 16.5. The van der Waals surface area contributed by atoms with Crippen LogP contribution >= 0.6 is 0 Å². The molecule has 2 aromatic rings. The van der Waals surface area contributed by atoms with Gasteiger partial charge in [0.25, 0.3) is 5.91 Å². The van der Waals surface area contributed by atoms with E-state index in [2.05, 4.69) is 18.3 Å². The molecule has 0 saturated carbocycles. The lowest BCUT2D eigenvalue weighted by atomic mass is 10.0. The van der Waals surface area contributed by atoms with E-state index in [1.54, 1.807) is 7.11 Å². The quantitative estimate of drug-likeness (QED) is 0.948. The standard InChI is InChI=1S/C19H22N2O2/c1-14-3-8-18(23-2)17(13-14)15-4-6-16(7-5-15)19(22)21-11-9-20-10-12-21/h3-8,13,20H,9-12H2,1-2H3. The molecule has 1 amide bonds. The highest BCUT2D eigenvalue weighted by Crippen LogP contribution is 2.31. The van der Waals surface area contributed by atoms with Gasteiger partial charge in [-0.1, -0.05) is 23.8 Å². The van der Waals surface area contributed by atoms with Crippen LogP contribution in [0.15, 0.2) is 42.5 Å². The van der Waals surface area contributed by atoms with Gasteiger partial charge in [0.05, 0.1) is 7.11 Å². The van der Waals surface area contributed by atoms with Crippen molar-refractivity contribution >= 4 is 5.91 Å². The Labute approximate surface area is 137 Å². The first kappa shape index (κ1) is 15.6. The van der Waals surface area contributed by atoms with Gasteiger partial charge in [0.15, 0.2) is 0 Å². The van der Waals surface area contributed by atoms with Gasteiger partial charge in [-0.05, 0) is 36.8 Å². The Hall–Kier alpha value is -2.33. The molecule has 4 heteroatoms. The number of hydrogen-bond acceptors (Lipinski definition) is 3. The third-order valence-corrected chi connectivity index (χ3v) is 4.20. The summed E-state index contributed by atoms with van der Waals surface area (Å²) in [5, 5.41) is 3.26. The summed E-state index contributed by atoms with van der Waals surface area (Å²) in [7, 11) is 1.68. The average molecular weight is 310 g/mol. The number of carbonyl (C=O) groups excluding carboxylic acids is 1. The summed E-state index contributed by atoms with van der Waals surface area (Å²) in [5.74, 6) is 0.950. The Morgan fingerprint density at radius 1 is 1.09 bits per heavy atom. The van der Waals surface area contributed by atoms with Crippen molar-refractivity contribution < 1.29 is 9.53 Å². The lowest BCUT2D eigenvalue weighted by Crippen LogP contribution is -2.46. The molecule has 3 rings (SSSR count). The van der Waals surface area contributed by atoms with Crippen LogP contribution in [-0.2, 0) is 0 Å². The summed E-state index contributed by atoms with van der Waals surface area (Å²) in [6, 6.07) is 13.9. The second kappa shape index (κ2) is 6.84. The Balaban J connectivity index is 1.84. The third kappa shape index (κ3) is 3.37. The molecular weight excluding hydrogens is 288 g/mol. The van der Waals surface area contributed by atoms with Crippen LogP contribution < -0.4 is 10.1 Å². The zero-order valence-corrected chi connectivity index (χ0v) is 13.6. The molecule has 0 unspecified atom stereocenters. The van der Waals surface area contributed by atoms with Crippen LogP contribution in [0.5, 0.6) is 5.75 Å².